The number of rotatable bonds is 5. The van der Waals surface area contributed by atoms with E-state index in [9.17, 15) is 19.2 Å². The number of epoxide rings is 1. The quantitative estimate of drug-likeness (QED) is 0.298. The molecule has 0 radical (unpaired) electrons. The topological polar surface area (TPSA) is 108 Å². The van der Waals surface area contributed by atoms with Crippen LogP contribution in [0.5, 0.6) is 0 Å². The second-order valence-electron chi connectivity index (χ2n) is 13.0. The molecule has 1 aliphatic heterocycles. The lowest BCUT2D eigenvalue weighted by molar-refractivity contribution is -0.227. The van der Waals surface area contributed by atoms with Crippen molar-refractivity contribution < 1.29 is 38.1 Å². The van der Waals surface area contributed by atoms with Gasteiger partial charge in [0, 0.05) is 32.6 Å². The highest BCUT2D eigenvalue weighted by molar-refractivity contribution is 6.04. The minimum Gasteiger partial charge on any atom is -0.457 e. The Hall–Kier alpha value is -3.00. The maximum absolute atomic E-state index is 14.6. The fourth-order valence-corrected chi connectivity index (χ4v) is 7.63. The molecule has 1 spiro atoms. The van der Waals surface area contributed by atoms with E-state index in [2.05, 4.69) is 13.8 Å². The summed E-state index contributed by atoms with van der Waals surface area (Å²) < 4.78 is 24.4. The van der Waals surface area contributed by atoms with Crippen LogP contribution in [0.4, 0.5) is 0 Å². The summed E-state index contributed by atoms with van der Waals surface area (Å²) in [5.74, 6) is -2.15. The van der Waals surface area contributed by atoms with E-state index >= 15 is 0 Å². The molecule has 1 aromatic rings. The highest BCUT2D eigenvalue weighted by atomic mass is 16.6. The number of ether oxygens (including phenoxy) is 4. The monoisotopic (exact) mass is 552 g/mol. The molecule has 3 fully saturated rings. The van der Waals surface area contributed by atoms with Crippen LogP contribution in [0.15, 0.2) is 42.0 Å². The Labute approximate surface area is 235 Å². The van der Waals surface area contributed by atoms with Gasteiger partial charge in [-0.2, -0.15) is 0 Å². The standard InChI is InChI=1S/C32H40O8/c1-19-14-25-24(29(25,5)6)12-13-30(18-37-30)17-32(40-22(4)34)28(38-26(35)15-23-10-8-7-9-11-23)20(2)16-31(32,27(19)36)39-21(3)33/h7-11,14,20,24-25,28H,12-13,15-18H2,1-6H3/b19-14-/t20-,24-,25-,28-,30+,31-,32-/m0/s1. The lowest BCUT2D eigenvalue weighted by Crippen LogP contribution is -2.66. The Morgan fingerprint density at radius 2 is 1.70 bits per heavy atom. The van der Waals surface area contributed by atoms with Crippen LogP contribution < -0.4 is 0 Å². The maximum atomic E-state index is 14.6. The highest BCUT2D eigenvalue weighted by Crippen LogP contribution is 2.64. The number of esters is 3. The first-order valence-electron chi connectivity index (χ1n) is 14.2. The van der Waals surface area contributed by atoms with Crippen molar-refractivity contribution in [2.75, 3.05) is 6.61 Å². The number of Topliss-reactive ketones (excluding diaryl/α,β-unsaturated/α-hetero) is 1. The zero-order chi connectivity index (χ0) is 29.1. The molecule has 1 heterocycles. The SMILES string of the molecule is CC(=O)O[C@]12C[C@H](C)[C@H](OC(=O)Cc3ccccc3)[C@@]1(OC(C)=O)C[C@]1(CC[C@H]3[C@H](/C=C(/C)C2=O)C3(C)C)CO1. The van der Waals surface area contributed by atoms with E-state index in [0.29, 0.717) is 24.5 Å². The van der Waals surface area contributed by atoms with E-state index in [-0.39, 0.29) is 30.6 Å². The van der Waals surface area contributed by atoms with Crippen molar-refractivity contribution in [2.24, 2.45) is 23.2 Å². The predicted molar refractivity (Wildman–Crippen MR) is 145 cm³/mol. The van der Waals surface area contributed by atoms with E-state index in [4.69, 9.17) is 18.9 Å². The van der Waals surface area contributed by atoms with Crippen molar-refractivity contribution in [1.82, 2.24) is 0 Å². The average Bonchev–Trinajstić information content (AvgIpc) is 3.72. The number of hydrogen-bond donors (Lipinski definition) is 0. The van der Waals surface area contributed by atoms with E-state index < -0.39 is 52.5 Å². The summed E-state index contributed by atoms with van der Waals surface area (Å²) in [6, 6.07) is 9.20. The number of carbonyl (C=O) groups is 4. The van der Waals surface area contributed by atoms with Gasteiger partial charge in [0.1, 0.15) is 6.10 Å². The van der Waals surface area contributed by atoms with Crippen molar-refractivity contribution in [2.45, 2.75) is 96.6 Å². The molecule has 0 bridgehead atoms. The Morgan fingerprint density at radius 3 is 2.30 bits per heavy atom. The van der Waals surface area contributed by atoms with Crippen LogP contribution >= 0.6 is 0 Å². The zero-order valence-corrected chi connectivity index (χ0v) is 24.3. The Balaban J connectivity index is 1.64. The largest absolute Gasteiger partial charge is 0.457 e. The molecule has 0 unspecified atom stereocenters. The summed E-state index contributed by atoms with van der Waals surface area (Å²) in [6.07, 6.45) is 2.65. The van der Waals surface area contributed by atoms with Crippen molar-refractivity contribution in [3.63, 3.8) is 0 Å². The minimum atomic E-state index is -1.87. The number of allylic oxidation sites excluding steroid dienone is 1. The van der Waals surface area contributed by atoms with Gasteiger partial charge >= 0.3 is 17.9 Å². The van der Waals surface area contributed by atoms with Gasteiger partial charge < -0.3 is 18.9 Å². The molecule has 5 rings (SSSR count). The Bertz CT molecular complexity index is 1240. The smallest absolute Gasteiger partial charge is 0.310 e. The number of ketones is 1. The van der Waals surface area contributed by atoms with Gasteiger partial charge in [-0.15, -0.1) is 0 Å². The molecule has 216 valence electrons. The summed E-state index contributed by atoms with van der Waals surface area (Å²) in [4.78, 5) is 53.4. The van der Waals surface area contributed by atoms with Crippen LogP contribution in [0.25, 0.3) is 0 Å². The Morgan fingerprint density at radius 1 is 1.05 bits per heavy atom. The first-order valence-corrected chi connectivity index (χ1v) is 14.2. The highest BCUT2D eigenvalue weighted by Gasteiger charge is 2.76. The van der Waals surface area contributed by atoms with Crippen molar-refractivity contribution >= 4 is 23.7 Å². The molecule has 3 aliphatic carbocycles. The molecular formula is C32H40O8. The molecule has 1 aromatic carbocycles. The van der Waals surface area contributed by atoms with Crippen LogP contribution in [-0.2, 0) is 44.5 Å². The van der Waals surface area contributed by atoms with E-state index in [1.54, 1.807) is 6.92 Å². The van der Waals surface area contributed by atoms with Crippen LogP contribution in [0, 0.1) is 23.2 Å². The molecule has 0 amide bonds. The number of hydrogen-bond acceptors (Lipinski definition) is 8. The third-order valence-electron chi connectivity index (χ3n) is 9.70. The van der Waals surface area contributed by atoms with E-state index in [0.717, 1.165) is 12.0 Å². The number of benzene rings is 1. The lowest BCUT2D eigenvalue weighted by Gasteiger charge is -2.46. The molecule has 8 nitrogen and oxygen atoms in total. The lowest BCUT2D eigenvalue weighted by atomic mass is 9.72. The van der Waals surface area contributed by atoms with Gasteiger partial charge in [-0.25, -0.2) is 0 Å². The van der Waals surface area contributed by atoms with Crippen LogP contribution in [-0.4, -0.2) is 53.2 Å². The third-order valence-corrected chi connectivity index (χ3v) is 9.70. The predicted octanol–water partition coefficient (Wildman–Crippen LogP) is 4.53. The van der Waals surface area contributed by atoms with Crippen LogP contribution in [0.3, 0.4) is 0 Å². The van der Waals surface area contributed by atoms with Crippen molar-refractivity contribution in [3.8, 4) is 0 Å². The normalized spacial score (nSPS) is 39.0. The average molecular weight is 553 g/mol. The summed E-state index contributed by atoms with van der Waals surface area (Å²) in [7, 11) is 0. The summed E-state index contributed by atoms with van der Waals surface area (Å²) in [5.41, 5.74) is -3.06. The molecule has 0 aromatic heterocycles. The first-order chi connectivity index (χ1) is 18.8. The fourth-order valence-electron chi connectivity index (χ4n) is 7.63. The second kappa shape index (κ2) is 9.82. The van der Waals surface area contributed by atoms with Gasteiger partial charge in [0.25, 0.3) is 0 Å². The van der Waals surface area contributed by atoms with Gasteiger partial charge in [-0.05, 0) is 48.2 Å². The Kier molecular flexibility index (Phi) is 7.01. The molecule has 7 atom stereocenters. The van der Waals surface area contributed by atoms with Gasteiger partial charge in [0.15, 0.2) is 5.60 Å². The summed E-state index contributed by atoms with van der Waals surface area (Å²) in [5, 5.41) is 0. The number of fused-ring (bicyclic) bond motifs is 2. The van der Waals surface area contributed by atoms with Gasteiger partial charge in [-0.3, -0.25) is 19.2 Å². The van der Waals surface area contributed by atoms with E-state index in [1.807, 2.05) is 43.3 Å². The minimum absolute atomic E-state index is 0.00768. The second-order valence-corrected chi connectivity index (χ2v) is 13.0. The van der Waals surface area contributed by atoms with Gasteiger partial charge in [-0.1, -0.05) is 57.2 Å². The molecule has 2 saturated carbocycles. The fraction of sp³-hybridized carbons (Fsp3) is 0.625. The summed E-state index contributed by atoms with van der Waals surface area (Å²) >= 11 is 0. The summed E-state index contributed by atoms with van der Waals surface area (Å²) in [6.45, 7) is 10.9. The van der Waals surface area contributed by atoms with Crippen molar-refractivity contribution in [1.29, 1.82) is 0 Å². The maximum Gasteiger partial charge on any atom is 0.310 e. The van der Waals surface area contributed by atoms with E-state index in [1.165, 1.54) is 13.8 Å². The zero-order valence-electron chi connectivity index (χ0n) is 24.3. The molecule has 1 saturated heterocycles. The third kappa shape index (κ3) is 4.78. The molecule has 0 N–H and O–H groups in total. The molecular weight excluding hydrogens is 512 g/mol. The number of carbonyl (C=O) groups excluding carboxylic acids is 4. The molecule has 8 heteroatoms. The molecule has 4 aliphatic rings. The first kappa shape index (κ1) is 28.5. The van der Waals surface area contributed by atoms with Gasteiger partial charge in [0.2, 0.25) is 11.4 Å². The van der Waals surface area contributed by atoms with Crippen LogP contribution in [0.2, 0.25) is 0 Å². The van der Waals surface area contributed by atoms with Crippen molar-refractivity contribution in [3.05, 3.63) is 47.5 Å². The van der Waals surface area contributed by atoms with Gasteiger partial charge in [0.05, 0.1) is 18.6 Å². The molecule has 40 heavy (non-hydrogen) atoms. The van der Waals surface area contributed by atoms with Crippen LogP contribution in [0.1, 0.15) is 72.8 Å².